The van der Waals surface area contributed by atoms with Crippen LogP contribution in [0.4, 0.5) is 22.2 Å². The van der Waals surface area contributed by atoms with Gasteiger partial charge in [0.25, 0.3) is 0 Å². The highest BCUT2D eigenvalue weighted by molar-refractivity contribution is 5.70. The van der Waals surface area contributed by atoms with E-state index in [2.05, 4.69) is 14.8 Å². The van der Waals surface area contributed by atoms with Crippen molar-refractivity contribution in [3.05, 3.63) is 30.1 Å². The Labute approximate surface area is 199 Å². The smallest absolute Gasteiger partial charge is 0.410 e. The van der Waals surface area contributed by atoms with E-state index in [9.17, 15) is 4.79 Å². The number of hydrogen-bond donors (Lipinski definition) is 0. The van der Waals surface area contributed by atoms with Gasteiger partial charge in [0.15, 0.2) is 0 Å². The van der Waals surface area contributed by atoms with Gasteiger partial charge in [-0.3, -0.25) is 4.98 Å². The Bertz CT molecular complexity index is 1020. The minimum Gasteiger partial charge on any atom is -0.477 e. The molecule has 2 aromatic rings. The van der Waals surface area contributed by atoms with Crippen molar-refractivity contribution in [2.24, 2.45) is 5.92 Å². The molecule has 3 aliphatic heterocycles. The molecule has 0 spiro atoms. The number of carbonyl (C=O) groups is 1. The number of nitrogens with zero attached hydrogens (tertiary/aromatic N) is 6. The first kappa shape index (κ1) is 22.6. The fourth-order valence-corrected chi connectivity index (χ4v) is 4.35. The lowest BCUT2D eigenvalue weighted by molar-refractivity contribution is -0.00813. The summed E-state index contributed by atoms with van der Waals surface area (Å²) in [7, 11) is 0. The lowest BCUT2D eigenvalue weighted by Gasteiger charge is -2.39. The van der Waals surface area contributed by atoms with Gasteiger partial charge in [-0.25, -0.2) is 4.79 Å². The van der Waals surface area contributed by atoms with Crippen LogP contribution in [0.3, 0.4) is 0 Å². The molecule has 0 unspecified atom stereocenters. The molecule has 0 aliphatic carbocycles. The van der Waals surface area contributed by atoms with Gasteiger partial charge < -0.3 is 28.9 Å². The molecule has 3 aliphatic rings. The molecule has 0 aromatic carbocycles. The van der Waals surface area contributed by atoms with E-state index >= 15 is 0 Å². The van der Waals surface area contributed by atoms with Gasteiger partial charge in [-0.15, -0.1) is 0 Å². The second kappa shape index (κ2) is 9.25. The molecule has 34 heavy (non-hydrogen) atoms. The van der Waals surface area contributed by atoms with Crippen LogP contribution in [0.25, 0.3) is 0 Å². The Kier molecular flexibility index (Phi) is 6.16. The van der Waals surface area contributed by atoms with Crippen molar-refractivity contribution >= 4 is 23.5 Å². The molecule has 0 radical (unpaired) electrons. The number of ether oxygens (including phenoxy) is 3. The van der Waals surface area contributed by atoms with Gasteiger partial charge in [0.2, 0.25) is 11.8 Å². The molecule has 5 heterocycles. The van der Waals surface area contributed by atoms with Crippen molar-refractivity contribution in [1.29, 1.82) is 0 Å². The standard InChI is InChI=1S/C24H32N6O4/c1-24(2,3)34-23(31)29-14-17(15-29)16-33-21-19-6-8-30(18-5-4-7-25-13-18)20(19)26-22(27-21)28-9-11-32-12-10-28/h4-5,7,13,17H,6,8-12,14-16H2,1-3H3. The number of likely N-dealkylation sites (tertiary alicyclic amines) is 1. The second-order valence-electron chi connectivity index (χ2n) is 9.91. The van der Waals surface area contributed by atoms with E-state index < -0.39 is 5.60 Å². The molecule has 2 fully saturated rings. The molecule has 2 saturated heterocycles. The number of fused-ring (bicyclic) bond motifs is 1. The highest BCUT2D eigenvalue weighted by Crippen LogP contribution is 2.38. The van der Waals surface area contributed by atoms with Gasteiger partial charge in [0, 0.05) is 44.8 Å². The normalized spacial score (nSPS) is 18.5. The summed E-state index contributed by atoms with van der Waals surface area (Å²) in [6.45, 7) is 11.0. The highest BCUT2D eigenvalue weighted by Gasteiger charge is 2.35. The number of morpholine rings is 1. The first-order valence-electron chi connectivity index (χ1n) is 11.9. The lowest BCUT2D eigenvalue weighted by Crippen LogP contribution is -2.53. The van der Waals surface area contributed by atoms with Crippen molar-refractivity contribution in [3.63, 3.8) is 0 Å². The molecule has 1 amide bonds. The summed E-state index contributed by atoms with van der Waals surface area (Å²) in [6.07, 6.45) is 4.16. The summed E-state index contributed by atoms with van der Waals surface area (Å²) in [5.41, 5.74) is 1.53. The molecule has 2 aromatic heterocycles. The Morgan fingerprint density at radius 3 is 2.68 bits per heavy atom. The van der Waals surface area contributed by atoms with Gasteiger partial charge in [-0.1, -0.05) is 0 Å². The van der Waals surface area contributed by atoms with E-state index in [0.29, 0.717) is 44.7 Å². The van der Waals surface area contributed by atoms with Crippen LogP contribution in [0.1, 0.15) is 26.3 Å². The first-order chi connectivity index (χ1) is 16.4. The van der Waals surface area contributed by atoms with Crippen molar-refractivity contribution in [2.45, 2.75) is 32.8 Å². The molecule has 10 nitrogen and oxygen atoms in total. The predicted molar refractivity (Wildman–Crippen MR) is 127 cm³/mol. The third kappa shape index (κ3) is 4.86. The maximum atomic E-state index is 12.2. The quantitative estimate of drug-likeness (QED) is 0.656. The number of hydrogen-bond acceptors (Lipinski definition) is 9. The molecule has 0 saturated carbocycles. The molecule has 0 N–H and O–H groups in total. The van der Waals surface area contributed by atoms with E-state index in [1.807, 2.05) is 39.1 Å². The van der Waals surface area contributed by atoms with Crippen LogP contribution in [0.5, 0.6) is 5.88 Å². The molecular weight excluding hydrogens is 436 g/mol. The summed E-state index contributed by atoms with van der Waals surface area (Å²) in [5, 5.41) is 0. The topological polar surface area (TPSA) is 93.1 Å². The Balaban J connectivity index is 1.31. The van der Waals surface area contributed by atoms with E-state index in [1.165, 1.54) is 0 Å². The Morgan fingerprint density at radius 1 is 1.18 bits per heavy atom. The average molecular weight is 469 g/mol. The van der Waals surface area contributed by atoms with Crippen molar-refractivity contribution in [3.8, 4) is 5.88 Å². The minimum absolute atomic E-state index is 0.251. The number of pyridine rings is 1. The Hall–Kier alpha value is -3.14. The summed E-state index contributed by atoms with van der Waals surface area (Å²) in [4.78, 5) is 32.3. The van der Waals surface area contributed by atoms with Crippen LogP contribution in [0, 0.1) is 5.92 Å². The number of amides is 1. The number of anilines is 3. The van der Waals surface area contributed by atoms with Gasteiger partial charge in [-0.05, 0) is 39.3 Å². The zero-order valence-electron chi connectivity index (χ0n) is 20.1. The maximum absolute atomic E-state index is 12.2. The van der Waals surface area contributed by atoms with Gasteiger partial charge in [-0.2, -0.15) is 9.97 Å². The summed E-state index contributed by atoms with van der Waals surface area (Å²) >= 11 is 0. The number of rotatable bonds is 5. The maximum Gasteiger partial charge on any atom is 0.410 e. The minimum atomic E-state index is -0.490. The van der Waals surface area contributed by atoms with Gasteiger partial charge in [0.1, 0.15) is 11.4 Å². The zero-order valence-corrected chi connectivity index (χ0v) is 20.1. The lowest BCUT2D eigenvalue weighted by atomic mass is 10.0. The molecule has 182 valence electrons. The molecule has 0 atom stereocenters. The fourth-order valence-electron chi connectivity index (χ4n) is 4.35. The summed E-state index contributed by atoms with van der Waals surface area (Å²) in [5.74, 6) is 2.43. The van der Waals surface area contributed by atoms with Gasteiger partial charge in [0.05, 0.1) is 37.3 Å². The summed E-state index contributed by atoms with van der Waals surface area (Å²) in [6, 6.07) is 3.97. The van der Waals surface area contributed by atoms with Crippen molar-refractivity contribution in [1.82, 2.24) is 19.9 Å². The average Bonchev–Trinajstić information content (AvgIpc) is 3.22. The van der Waals surface area contributed by atoms with Crippen LogP contribution in [0.2, 0.25) is 0 Å². The molecule has 5 rings (SSSR count). The SMILES string of the molecule is CC(C)(C)OC(=O)N1CC(COc2nc(N3CCOCC3)nc3c2CCN3c2cccnc2)C1. The molecular formula is C24H32N6O4. The van der Waals surface area contributed by atoms with Crippen molar-refractivity contribution in [2.75, 3.05) is 62.3 Å². The van der Waals surface area contributed by atoms with Crippen LogP contribution in [-0.2, 0) is 15.9 Å². The number of aromatic nitrogens is 3. The zero-order chi connectivity index (χ0) is 23.7. The fraction of sp³-hybridized carbons (Fsp3) is 0.583. The highest BCUT2D eigenvalue weighted by atomic mass is 16.6. The molecule has 10 heteroatoms. The second-order valence-corrected chi connectivity index (χ2v) is 9.91. The van der Waals surface area contributed by atoms with Crippen LogP contribution < -0.4 is 14.5 Å². The Morgan fingerprint density at radius 2 is 1.97 bits per heavy atom. The van der Waals surface area contributed by atoms with Crippen LogP contribution in [0.15, 0.2) is 24.5 Å². The van der Waals surface area contributed by atoms with Crippen molar-refractivity contribution < 1.29 is 19.0 Å². The number of carbonyl (C=O) groups excluding carboxylic acids is 1. The van der Waals surface area contributed by atoms with E-state index in [1.54, 1.807) is 11.1 Å². The monoisotopic (exact) mass is 468 g/mol. The van der Waals surface area contributed by atoms with Gasteiger partial charge >= 0.3 is 6.09 Å². The largest absolute Gasteiger partial charge is 0.477 e. The van der Waals surface area contributed by atoms with E-state index in [0.717, 1.165) is 43.1 Å². The van der Waals surface area contributed by atoms with Crippen LogP contribution >= 0.6 is 0 Å². The summed E-state index contributed by atoms with van der Waals surface area (Å²) < 4.78 is 17.2. The van der Waals surface area contributed by atoms with Crippen LogP contribution in [-0.4, -0.2) is 84.1 Å². The predicted octanol–water partition coefficient (Wildman–Crippen LogP) is 2.65. The third-order valence-corrected chi connectivity index (χ3v) is 6.09. The van der Waals surface area contributed by atoms with E-state index in [-0.39, 0.29) is 12.0 Å². The van der Waals surface area contributed by atoms with E-state index in [4.69, 9.17) is 24.2 Å². The third-order valence-electron chi connectivity index (χ3n) is 6.09. The molecule has 0 bridgehead atoms. The first-order valence-corrected chi connectivity index (χ1v) is 11.9.